The van der Waals surface area contributed by atoms with Gasteiger partial charge in [-0.15, -0.1) is 0 Å². The Kier molecular flexibility index (Phi) is 2.56. The zero-order valence-corrected chi connectivity index (χ0v) is 9.08. The largest absolute Gasteiger partial charge is 0.493 e. The van der Waals surface area contributed by atoms with Gasteiger partial charge in [0.2, 0.25) is 0 Å². The third kappa shape index (κ3) is 1.67. The number of nitrogens with two attached hydrogens (primary N) is 1. The molecule has 2 N–H and O–H groups in total. The number of hydrogen-bond acceptors (Lipinski definition) is 3. The van der Waals surface area contributed by atoms with Gasteiger partial charge in [0, 0.05) is 10.9 Å². The summed E-state index contributed by atoms with van der Waals surface area (Å²) >= 11 is 3.31. The predicted octanol–water partition coefficient (Wildman–Crippen LogP) is 1.74. The van der Waals surface area contributed by atoms with E-state index < -0.39 is 6.04 Å². The number of Topliss-reactive ketones (excluding diaryl/α,β-unsaturated/α-hetero) is 1. The number of rotatable bonds is 0. The number of carbonyl (C=O) groups is 1. The minimum Gasteiger partial charge on any atom is -0.493 e. The first kappa shape index (κ1) is 9.68. The van der Waals surface area contributed by atoms with Gasteiger partial charge in [0.15, 0.2) is 5.78 Å². The summed E-state index contributed by atoms with van der Waals surface area (Å²) < 4.78 is 6.29. The first-order chi connectivity index (χ1) is 6.68. The molecule has 2 rings (SSSR count). The van der Waals surface area contributed by atoms with Crippen molar-refractivity contribution >= 4 is 21.7 Å². The number of hydrogen-bond donors (Lipinski definition) is 1. The highest BCUT2D eigenvalue weighted by atomic mass is 79.9. The number of benzene rings is 1. The molecule has 1 aromatic carbocycles. The normalized spacial score (nSPS) is 21.0. The van der Waals surface area contributed by atoms with E-state index in [-0.39, 0.29) is 5.78 Å². The quantitative estimate of drug-likeness (QED) is 0.769. The number of halogens is 1. The zero-order valence-electron chi connectivity index (χ0n) is 7.50. The average molecular weight is 256 g/mol. The van der Waals surface area contributed by atoms with E-state index in [9.17, 15) is 4.79 Å². The molecule has 1 aromatic rings. The SMILES string of the molecule is NC1CCOc2ccc(Br)cc2C1=O. The molecule has 1 aliphatic heterocycles. The van der Waals surface area contributed by atoms with Crippen molar-refractivity contribution in [2.24, 2.45) is 5.73 Å². The molecule has 0 amide bonds. The molecule has 0 saturated carbocycles. The fraction of sp³-hybridized carbons (Fsp3) is 0.300. The molecule has 0 bridgehead atoms. The maximum atomic E-state index is 11.8. The molecule has 1 aliphatic rings. The van der Waals surface area contributed by atoms with Crippen LogP contribution in [0.2, 0.25) is 0 Å². The van der Waals surface area contributed by atoms with Gasteiger partial charge in [0.1, 0.15) is 5.75 Å². The highest BCUT2D eigenvalue weighted by Crippen LogP contribution is 2.26. The second kappa shape index (κ2) is 3.71. The third-order valence-electron chi connectivity index (χ3n) is 2.23. The van der Waals surface area contributed by atoms with Gasteiger partial charge in [-0.3, -0.25) is 4.79 Å². The second-order valence-corrected chi connectivity index (χ2v) is 4.16. The Morgan fingerprint density at radius 3 is 3.07 bits per heavy atom. The summed E-state index contributed by atoms with van der Waals surface area (Å²) in [5, 5.41) is 0. The summed E-state index contributed by atoms with van der Waals surface area (Å²) in [6, 6.07) is 4.95. The van der Waals surface area contributed by atoms with Crippen LogP contribution in [0, 0.1) is 0 Å². The van der Waals surface area contributed by atoms with Crippen molar-refractivity contribution in [1.29, 1.82) is 0 Å². The molecule has 0 spiro atoms. The van der Waals surface area contributed by atoms with E-state index in [1.807, 2.05) is 6.07 Å². The molecule has 1 heterocycles. The molecule has 14 heavy (non-hydrogen) atoms. The first-order valence-corrected chi connectivity index (χ1v) is 5.20. The average Bonchev–Trinajstić information content (AvgIpc) is 2.30. The van der Waals surface area contributed by atoms with E-state index in [4.69, 9.17) is 10.5 Å². The van der Waals surface area contributed by atoms with Crippen molar-refractivity contribution < 1.29 is 9.53 Å². The van der Waals surface area contributed by atoms with Crippen LogP contribution in [0.5, 0.6) is 5.75 Å². The highest BCUT2D eigenvalue weighted by molar-refractivity contribution is 9.10. The van der Waals surface area contributed by atoms with Crippen LogP contribution in [0.15, 0.2) is 22.7 Å². The summed E-state index contributed by atoms with van der Waals surface area (Å²) in [6.45, 7) is 0.502. The molecule has 4 heteroatoms. The first-order valence-electron chi connectivity index (χ1n) is 4.40. The maximum absolute atomic E-state index is 11.8. The lowest BCUT2D eigenvalue weighted by molar-refractivity contribution is 0.0960. The van der Waals surface area contributed by atoms with Crippen LogP contribution < -0.4 is 10.5 Å². The van der Waals surface area contributed by atoms with Gasteiger partial charge in [-0.1, -0.05) is 15.9 Å². The standard InChI is InChI=1S/C10H10BrNO2/c11-6-1-2-9-7(5-6)10(13)8(12)3-4-14-9/h1-2,5,8H,3-4,12H2. The number of carbonyl (C=O) groups excluding carboxylic acids is 1. The summed E-state index contributed by atoms with van der Waals surface area (Å²) in [6.07, 6.45) is 0.575. The molecule has 1 unspecified atom stereocenters. The van der Waals surface area contributed by atoms with Crippen molar-refractivity contribution in [2.45, 2.75) is 12.5 Å². The predicted molar refractivity (Wildman–Crippen MR) is 56.6 cm³/mol. The molecule has 0 aliphatic carbocycles. The second-order valence-electron chi connectivity index (χ2n) is 3.25. The van der Waals surface area contributed by atoms with Crippen molar-refractivity contribution in [1.82, 2.24) is 0 Å². The summed E-state index contributed by atoms with van der Waals surface area (Å²) in [4.78, 5) is 11.8. The van der Waals surface area contributed by atoms with E-state index >= 15 is 0 Å². The van der Waals surface area contributed by atoms with Crippen LogP contribution in [0.4, 0.5) is 0 Å². The fourth-order valence-corrected chi connectivity index (χ4v) is 1.81. The monoisotopic (exact) mass is 255 g/mol. The lowest BCUT2D eigenvalue weighted by atomic mass is 10.0. The molecule has 0 radical (unpaired) electrons. The van der Waals surface area contributed by atoms with E-state index in [1.54, 1.807) is 12.1 Å². The lowest BCUT2D eigenvalue weighted by Crippen LogP contribution is -2.30. The Morgan fingerprint density at radius 1 is 1.50 bits per heavy atom. The molecule has 74 valence electrons. The zero-order chi connectivity index (χ0) is 10.1. The van der Waals surface area contributed by atoms with E-state index in [2.05, 4.69) is 15.9 Å². The molecule has 3 nitrogen and oxygen atoms in total. The van der Waals surface area contributed by atoms with Crippen LogP contribution in [0.3, 0.4) is 0 Å². The highest BCUT2D eigenvalue weighted by Gasteiger charge is 2.23. The van der Waals surface area contributed by atoms with Crippen molar-refractivity contribution in [3.63, 3.8) is 0 Å². The minimum atomic E-state index is -0.439. The molecular formula is C10H10BrNO2. The third-order valence-corrected chi connectivity index (χ3v) is 2.72. The Bertz CT molecular complexity index is 378. The summed E-state index contributed by atoms with van der Waals surface area (Å²) in [5.41, 5.74) is 6.27. The summed E-state index contributed by atoms with van der Waals surface area (Å²) in [5.74, 6) is 0.588. The van der Waals surface area contributed by atoms with E-state index in [0.717, 1.165) is 4.47 Å². The minimum absolute atomic E-state index is 0.0428. The van der Waals surface area contributed by atoms with E-state index in [1.165, 1.54) is 0 Å². The van der Waals surface area contributed by atoms with Gasteiger partial charge in [-0.2, -0.15) is 0 Å². The molecule has 1 atom stereocenters. The number of ether oxygens (including phenoxy) is 1. The van der Waals surface area contributed by atoms with Gasteiger partial charge in [0.25, 0.3) is 0 Å². The lowest BCUT2D eigenvalue weighted by Gasteiger charge is -2.06. The van der Waals surface area contributed by atoms with Crippen LogP contribution >= 0.6 is 15.9 Å². The van der Waals surface area contributed by atoms with Crippen LogP contribution in [-0.4, -0.2) is 18.4 Å². The fourth-order valence-electron chi connectivity index (χ4n) is 1.45. The van der Waals surface area contributed by atoms with Gasteiger partial charge in [0.05, 0.1) is 18.2 Å². The van der Waals surface area contributed by atoms with Crippen LogP contribution in [0.1, 0.15) is 16.8 Å². The topological polar surface area (TPSA) is 52.3 Å². The molecule has 0 aromatic heterocycles. The maximum Gasteiger partial charge on any atom is 0.183 e. The van der Waals surface area contributed by atoms with Crippen molar-refractivity contribution in [3.8, 4) is 5.75 Å². The van der Waals surface area contributed by atoms with Crippen LogP contribution in [-0.2, 0) is 0 Å². The Morgan fingerprint density at radius 2 is 2.29 bits per heavy atom. The van der Waals surface area contributed by atoms with Gasteiger partial charge >= 0.3 is 0 Å². The van der Waals surface area contributed by atoms with Gasteiger partial charge in [-0.25, -0.2) is 0 Å². The Hall–Kier alpha value is -0.870. The van der Waals surface area contributed by atoms with E-state index in [0.29, 0.717) is 24.3 Å². The molecular weight excluding hydrogens is 246 g/mol. The molecule has 0 saturated heterocycles. The number of fused-ring (bicyclic) bond motifs is 1. The Balaban J connectivity index is 2.50. The number of ketones is 1. The smallest absolute Gasteiger partial charge is 0.183 e. The van der Waals surface area contributed by atoms with Crippen LogP contribution in [0.25, 0.3) is 0 Å². The Labute approximate surface area is 90.4 Å². The van der Waals surface area contributed by atoms with Gasteiger partial charge in [-0.05, 0) is 18.2 Å². The van der Waals surface area contributed by atoms with Crippen molar-refractivity contribution in [3.05, 3.63) is 28.2 Å². The van der Waals surface area contributed by atoms with Gasteiger partial charge < -0.3 is 10.5 Å². The summed E-state index contributed by atoms with van der Waals surface area (Å²) in [7, 11) is 0. The van der Waals surface area contributed by atoms with Crippen molar-refractivity contribution in [2.75, 3.05) is 6.61 Å². The molecule has 0 fully saturated rings.